The molecule has 4 heteroatoms. The average molecular weight is 302 g/mol. The first kappa shape index (κ1) is 14.0. The predicted octanol–water partition coefficient (Wildman–Crippen LogP) is 4.14. The minimum Gasteiger partial charge on any atom is -0.289 e. The van der Waals surface area contributed by atoms with Crippen LogP contribution in [0.15, 0.2) is 47.5 Å². The summed E-state index contributed by atoms with van der Waals surface area (Å²) in [4.78, 5) is 14.7. The Morgan fingerprint density at radius 1 is 1.09 bits per heavy atom. The highest BCUT2D eigenvalue weighted by molar-refractivity contribution is 7.12. The largest absolute Gasteiger partial charge is 0.289 e. The van der Waals surface area contributed by atoms with E-state index in [2.05, 4.69) is 0 Å². The zero-order valence-electron chi connectivity index (χ0n) is 11.8. The third-order valence-corrected chi connectivity index (χ3v) is 4.42. The molecule has 0 bridgehead atoms. The molecule has 0 atom stereocenters. The van der Waals surface area contributed by atoms with Crippen LogP contribution >= 0.6 is 11.3 Å². The molecular weight excluding hydrogens is 292 g/mol. The number of hydrogen-bond donors (Lipinski definition) is 0. The molecule has 1 aromatic carbocycles. The molecule has 3 rings (SSSR count). The fourth-order valence-electron chi connectivity index (χ4n) is 2.52. The minimum atomic E-state index is -0.139. The molecule has 22 heavy (non-hydrogen) atoms. The number of fused-ring (bicyclic) bond motifs is 1. The number of ketones is 1. The van der Waals surface area contributed by atoms with Gasteiger partial charge in [-0.05, 0) is 30.7 Å². The molecule has 1 heterocycles. The number of Topliss-reactive ketones (excluding diaryl/α,β-unsaturated/α-hetero) is 1. The van der Waals surface area contributed by atoms with E-state index >= 15 is 0 Å². The molecule has 1 aliphatic rings. The van der Waals surface area contributed by atoms with E-state index in [9.17, 15) is 15.3 Å². The number of nitrogens with zero attached hydrogens (tertiary/aromatic N) is 2. The van der Waals surface area contributed by atoms with E-state index in [4.69, 9.17) is 0 Å². The average Bonchev–Trinajstić information content (AvgIpc) is 3.06. The van der Waals surface area contributed by atoms with E-state index in [0.29, 0.717) is 22.3 Å². The fraction of sp³-hybridized carbons (Fsp3) is 0.0556. The smallest absolute Gasteiger partial charge is 0.194 e. The summed E-state index contributed by atoms with van der Waals surface area (Å²) in [5.74, 6) is -0.139. The van der Waals surface area contributed by atoms with Crippen LogP contribution in [0, 0.1) is 29.6 Å². The summed E-state index contributed by atoms with van der Waals surface area (Å²) in [6.07, 6.45) is 1.77. The Morgan fingerprint density at radius 3 is 2.36 bits per heavy atom. The van der Waals surface area contributed by atoms with Crippen molar-refractivity contribution >= 4 is 28.8 Å². The van der Waals surface area contributed by atoms with Crippen LogP contribution in [-0.4, -0.2) is 5.78 Å². The number of allylic oxidation sites excluding steroid dienone is 3. The van der Waals surface area contributed by atoms with Gasteiger partial charge in [-0.1, -0.05) is 24.3 Å². The van der Waals surface area contributed by atoms with E-state index in [-0.39, 0.29) is 11.4 Å². The van der Waals surface area contributed by atoms with Crippen LogP contribution < -0.4 is 0 Å². The van der Waals surface area contributed by atoms with E-state index in [1.54, 1.807) is 41.7 Å². The van der Waals surface area contributed by atoms with Crippen molar-refractivity contribution in [3.8, 4) is 12.1 Å². The zero-order chi connectivity index (χ0) is 15.7. The van der Waals surface area contributed by atoms with Crippen LogP contribution in [0.1, 0.15) is 25.7 Å². The number of carbonyl (C=O) groups excluding carboxylic acids is 1. The van der Waals surface area contributed by atoms with Crippen LogP contribution in [0.2, 0.25) is 0 Å². The van der Waals surface area contributed by atoms with Gasteiger partial charge in [0.15, 0.2) is 5.78 Å². The van der Waals surface area contributed by atoms with Gasteiger partial charge >= 0.3 is 0 Å². The van der Waals surface area contributed by atoms with Gasteiger partial charge in [0, 0.05) is 26.5 Å². The summed E-state index contributed by atoms with van der Waals surface area (Å²) < 4.78 is 0. The topological polar surface area (TPSA) is 64.7 Å². The normalized spacial score (nSPS) is 14.6. The highest BCUT2D eigenvalue weighted by Crippen LogP contribution is 2.40. The molecule has 0 radical (unpaired) electrons. The molecule has 0 N–H and O–H groups in total. The Morgan fingerprint density at radius 2 is 1.77 bits per heavy atom. The number of carbonyl (C=O) groups is 1. The maximum atomic E-state index is 12.6. The van der Waals surface area contributed by atoms with Crippen molar-refractivity contribution in [2.75, 3.05) is 0 Å². The summed E-state index contributed by atoms with van der Waals surface area (Å²) in [5, 5.41) is 18.4. The van der Waals surface area contributed by atoms with Gasteiger partial charge in [-0.25, -0.2) is 0 Å². The Kier molecular flexibility index (Phi) is 3.47. The second-order valence-electron chi connectivity index (χ2n) is 4.85. The van der Waals surface area contributed by atoms with Gasteiger partial charge < -0.3 is 0 Å². The maximum absolute atomic E-state index is 12.6. The molecule has 0 saturated heterocycles. The third kappa shape index (κ3) is 2.16. The van der Waals surface area contributed by atoms with E-state index in [1.807, 2.05) is 31.2 Å². The lowest BCUT2D eigenvalue weighted by atomic mass is 9.99. The Labute approximate surface area is 132 Å². The van der Waals surface area contributed by atoms with Crippen LogP contribution in [-0.2, 0) is 0 Å². The van der Waals surface area contributed by atoms with Gasteiger partial charge in [-0.2, -0.15) is 10.5 Å². The van der Waals surface area contributed by atoms with Gasteiger partial charge in [0.1, 0.15) is 17.7 Å². The first-order valence-corrected chi connectivity index (χ1v) is 7.44. The molecule has 0 aliphatic heterocycles. The summed E-state index contributed by atoms with van der Waals surface area (Å²) in [6.45, 7) is 1.99. The number of thiophene rings is 1. The highest BCUT2D eigenvalue weighted by atomic mass is 32.1. The number of benzene rings is 1. The number of nitriles is 2. The van der Waals surface area contributed by atoms with Crippen LogP contribution in [0.4, 0.5) is 0 Å². The summed E-state index contributed by atoms with van der Waals surface area (Å²) in [7, 11) is 0. The maximum Gasteiger partial charge on any atom is 0.194 e. The van der Waals surface area contributed by atoms with Gasteiger partial charge in [0.05, 0.1) is 0 Å². The van der Waals surface area contributed by atoms with Crippen molar-refractivity contribution in [2.45, 2.75) is 6.92 Å². The molecule has 0 spiro atoms. The fourth-order valence-corrected chi connectivity index (χ4v) is 3.34. The monoisotopic (exact) mass is 302 g/mol. The van der Waals surface area contributed by atoms with Crippen molar-refractivity contribution < 1.29 is 4.79 Å². The summed E-state index contributed by atoms with van der Waals surface area (Å²) in [5.41, 5.74) is 2.03. The van der Waals surface area contributed by atoms with Gasteiger partial charge in [-0.15, -0.1) is 11.3 Å². The molecular formula is C18H10N2OS. The van der Waals surface area contributed by atoms with Crippen LogP contribution in [0.25, 0.3) is 11.6 Å². The predicted molar refractivity (Wildman–Crippen MR) is 86.0 cm³/mol. The molecule has 0 amide bonds. The first-order valence-electron chi connectivity index (χ1n) is 6.62. The lowest BCUT2D eigenvalue weighted by molar-refractivity contribution is 0.104. The standard InChI is InChI=1S/C18H10N2OS/c1-11-6-7-13(22-11)8-16-17(12(9-19)10-20)14-4-2-3-5-15(14)18(16)21/h2-8H,1H3/b16-8-. The van der Waals surface area contributed by atoms with Crippen molar-refractivity contribution in [1.82, 2.24) is 0 Å². The minimum absolute atomic E-state index is 0.0298. The van der Waals surface area contributed by atoms with Gasteiger partial charge in [0.2, 0.25) is 0 Å². The lowest BCUT2D eigenvalue weighted by Gasteiger charge is -2.01. The Hall–Kier alpha value is -2.95. The molecule has 0 unspecified atom stereocenters. The van der Waals surface area contributed by atoms with Crippen molar-refractivity contribution in [2.24, 2.45) is 0 Å². The quantitative estimate of drug-likeness (QED) is 0.587. The Bertz CT molecular complexity index is 916. The number of hydrogen-bond acceptors (Lipinski definition) is 4. The van der Waals surface area contributed by atoms with Crippen molar-refractivity contribution in [1.29, 1.82) is 10.5 Å². The zero-order valence-corrected chi connectivity index (χ0v) is 12.6. The van der Waals surface area contributed by atoms with E-state index < -0.39 is 0 Å². The third-order valence-electron chi connectivity index (χ3n) is 3.48. The van der Waals surface area contributed by atoms with Crippen molar-refractivity contribution in [3.05, 3.63) is 68.4 Å². The number of aryl methyl sites for hydroxylation is 1. The van der Waals surface area contributed by atoms with E-state index in [0.717, 1.165) is 9.75 Å². The van der Waals surface area contributed by atoms with Gasteiger partial charge in [0.25, 0.3) is 0 Å². The molecule has 3 nitrogen and oxygen atoms in total. The van der Waals surface area contributed by atoms with Crippen molar-refractivity contribution in [3.63, 3.8) is 0 Å². The highest BCUT2D eigenvalue weighted by Gasteiger charge is 2.32. The SMILES string of the molecule is Cc1ccc(/C=C2\C(=O)c3ccccc3C2=C(C#N)C#N)s1. The molecule has 1 aliphatic carbocycles. The second kappa shape index (κ2) is 5.44. The molecule has 0 saturated carbocycles. The first-order chi connectivity index (χ1) is 10.7. The lowest BCUT2D eigenvalue weighted by Crippen LogP contribution is -1.95. The number of rotatable bonds is 1. The van der Waals surface area contributed by atoms with Crippen LogP contribution in [0.5, 0.6) is 0 Å². The summed E-state index contributed by atoms with van der Waals surface area (Å²) in [6, 6.07) is 14.8. The summed E-state index contributed by atoms with van der Waals surface area (Å²) >= 11 is 1.57. The van der Waals surface area contributed by atoms with Crippen LogP contribution in [0.3, 0.4) is 0 Å². The molecule has 104 valence electrons. The Balaban J connectivity index is 2.29. The molecule has 1 aromatic heterocycles. The molecule has 0 fully saturated rings. The molecule has 2 aromatic rings. The van der Waals surface area contributed by atoms with Gasteiger partial charge in [-0.3, -0.25) is 4.79 Å². The van der Waals surface area contributed by atoms with E-state index in [1.165, 1.54) is 0 Å². The second-order valence-corrected chi connectivity index (χ2v) is 6.17.